The molecule has 1 fully saturated rings. The van der Waals surface area contributed by atoms with Gasteiger partial charge in [-0.1, -0.05) is 13.8 Å². The van der Waals surface area contributed by atoms with Gasteiger partial charge in [0.25, 0.3) is 0 Å². The quantitative estimate of drug-likeness (QED) is 0.713. The van der Waals surface area contributed by atoms with Crippen LogP contribution in [0.4, 0.5) is 0 Å². The smallest absolute Gasteiger partial charge is 0.323 e. The molecule has 0 spiro atoms. The molecule has 0 aromatic carbocycles. The van der Waals surface area contributed by atoms with Crippen LogP contribution in [0.1, 0.15) is 33.1 Å². The van der Waals surface area contributed by atoms with Crippen LogP contribution >= 0.6 is 0 Å². The first kappa shape index (κ1) is 12.5. The molecule has 0 aromatic rings. The topological polar surface area (TPSA) is 61.6 Å². The van der Waals surface area contributed by atoms with Crippen molar-refractivity contribution in [2.24, 2.45) is 11.7 Å². The highest BCUT2D eigenvalue weighted by Gasteiger charge is 2.22. The van der Waals surface area contributed by atoms with Gasteiger partial charge < -0.3 is 15.2 Å². The Balaban J connectivity index is 2.27. The largest absolute Gasteiger partial charge is 0.461 e. The summed E-state index contributed by atoms with van der Waals surface area (Å²) >= 11 is 0. The Morgan fingerprint density at radius 3 is 2.60 bits per heavy atom. The minimum absolute atomic E-state index is 0.00413. The second-order valence-electron chi connectivity index (χ2n) is 4.48. The maximum absolute atomic E-state index is 11.6. The van der Waals surface area contributed by atoms with Crippen molar-refractivity contribution in [2.75, 3.05) is 13.2 Å². The van der Waals surface area contributed by atoms with Crippen LogP contribution in [-0.4, -0.2) is 31.3 Å². The van der Waals surface area contributed by atoms with Gasteiger partial charge in [0.05, 0.1) is 13.2 Å². The van der Waals surface area contributed by atoms with Crippen LogP contribution in [0.5, 0.6) is 0 Å². The molecule has 1 unspecified atom stereocenters. The normalized spacial score (nSPS) is 20.3. The van der Waals surface area contributed by atoms with Gasteiger partial charge in [0.1, 0.15) is 12.1 Å². The fourth-order valence-electron chi connectivity index (χ4n) is 1.65. The standard InChI is InChI=1S/C11H21NO3/c1-8(2)7-10(12)11(13)15-9-3-5-14-6-4-9/h8-10H,3-7,12H2,1-2H3. The number of hydrogen-bond acceptors (Lipinski definition) is 4. The molecule has 4 nitrogen and oxygen atoms in total. The van der Waals surface area contributed by atoms with Gasteiger partial charge >= 0.3 is 5.97 Å². The van der Waals surface area contributed by atoms with E-state index < -0.39 is 6.04 Å². The van der Waals surface area contributed by atoms with Gasteiger partial charge in [-0.15, -0.1) is 0 Å². The lowest BCUT2D eigenvalue weighted by Gasteiger charge is -2.24. The minimum atomic E-state index is -0.479. The maximum atomic E-state index is 11.6. The Morgan fingerprint density at radius 2 is 2.07 bits per heavy atom. The van der Waals surface area contributed by atoms with Crippen LogP contribution < -0.4 is 5.73 Å². The van der Waals surface area contributed by atoms with Crippen molar-refractivity contribution in [1.29, 1.82) is 0 Å². The molecule has 0 amide bonds. The van der Waals surface area contributed by atoms with E-state index in [4.69, 9.17) is 15.2 Å². The van der Waals surface area contributed by atoms with Crippen molar-refractivity contribution < 1.29 is 14.3 Å². The molecule has 4 heteroatoms. The number of carbonyl (C=O) groups is 1. The number of ether oxygens (including phenoxy) is 2. The van der Waals surface area contributed by atoms with Crippen LogP contribution in [0.15, 0.2) is 0 Å². The fraction of sp³-hybridized carbons (Fsp3) is 0.909. The molecule has 88 valence electrons. The number of rotatable bonds is 4. The van der Waals surface area contributed by atoms with E-state index in [9.17, 15) is 4.79 Å². The third-order valence-corrected chi connectivity index (χ3v) is 2.48. The third-order valence-electron chi connectivity index (χ3n) is 2.48. The lowest BCUT2D eigenvalue weighted by Crippen LogP contribution is -2.37. The van der Waals surface area contributed by atoms with Gasteiger partial charge in [-0.2, -0.15) is 0 Å². The lowest BCUT2D eigenvalue weighted by molar-refractivity contribution is -0.155. The average molecular weight is 215 g/mol. The van der Waals surface area contributed by atoms with Gasteiger partial charge in [-0.25, -0.2) is 0 Å². The van der Waals surface area contributed by atoms with E-state index in [0.717, 1.165) is 12.8 Å². The van der Waals surface area contributed by atoms with Crippen molar-refractivity contribution in [2.45, 2.75) is 45.3 Å². The summed E-state index contributed by atoms with van der Waals surface area (Å²) in [6.07, 6.45) is 2.27. The molecule has 0 aliphatic carbocycles. The van der Waals surface area contributed by atoms with Crippen LogP contribution in [-0.2, 0) is 14.3 Å². The Hall–Kier alpha value is -0.610. The summed E-state index contributed by atoms with van der Waals surface area (Å²) in [5.41, 5.74) is 5.73. The molecule has 1 saturated heterocycles. The molecule has 1 aliphatic rings. The van der Waals surface area contributed by atoms with Crippen molar-refractivity contribution in [1.82, 2.24) is 0 Å². The van der Waals surface area contributed by atoms with Crippen LogP contribution in [0.2, 0.25) is 0 Å². The predicted octanol–water partition coefficient (Wildman–Crippen LogP) is 1.08. The summed E-state index contributed by atoms with van der Waals surface area (Å²) in [5.74, 6) is 0.151. The first-order valence-corrected chi connectivity index (χ1v) is 5.63. The molecule has 1 rings (SSSR count). The van der Waals surface area contributed by atoms with Gasteiger partial charge in [-0.05, 0) is 12.3 Å². The second-order valence-corrected chi connectivity index (χ2v) is 4.48. The van der Waals surface area contributed by atoms with Gasteiger partial charge in [0.2, 0.25) is 0 Å². The molecule has 1 aliphatic heterocycles. The number of carbonyl (C=O) groups excluding carboxylic acids is 1. The van der Waals surface area contributed by atoms with Crippen LogP contribution in [0.25, 0.3) is 0 Å². The van der Waals surface area contributed by atoms with E-state index in [-0.39, 0.29) is 12.1 Å². The van der Waals surface area contributed by atoms with E-state index in [1.165, 1.54) is 0 Å². The van der Waals surface area contributed by atoms with E-state index in [1.807, 2.05) is 13.8 Å². The summed E-state index contributed by atoms with van der Waals surface area (Å²) in [7, 11) is 0. The molecule has 0 saturated carbocycles. The molecule has 2 N–H and O–H groups in total. The third kappa shape index (κ3) is 4.62. The minimum Gasteiger partial charge on any atom is -0.461 e. The summed E-state index contributed by atoms with van der Waals surface area (Å²) in [4.78, 5) is 11.6. The Kier molecular flexibility index (Phi) is 5.05. The summed E-state index contributed by atoms with van der Waals surface area (Å²) in [6.45, 7) is 5.44. The van der Waals surface area contributed by atoms with Crippen molar-refractivity contribution in [3.63, 3.8) is 0 Å². The van der Waals surface area contributed by atoms with Gasteiger partial charge in [0, 0.05) is 12.8 Å². The van der Waals surface area contributed by atoms with Gasteiger partial charge in [0.15, 0.2) is 0 Å². The zero-order valence-electron chi connectivity index (χ0n) is 9.57. The SMILES string of the molecule is CC(C)CC(N)C(=O)OC1CCOCC1. The Morgan fingerprint density at radius 1 is 1.47 bits per heavy atom. The van der Waals surface area contributed by atoms with Crippen molar-refractivity contribution in [3.05, 3.63) is 0 Å². The molecule has 0 aromatic heterocycles. The highest BCUT2D eigenvalue weighted by atomic mass is 16.6. The molecule has 15 heavy (non-hydrogen) atoms. The molecule has 1 heterocycles. The summed E-state index contributed by atoms with van der Waals surface area (Å²) in [5, 5.41) is 0. The first-order chi connectivity index (χ1) is 7.09. The molecule has 0 bridgehead atoms. The summed E-state index contributed by atoms with van der Waals surface area (Å²) < 4.78 is 10.5. The zero-order chi connectivity index (χ0) is 11.3. The highest BCUT2D eigenvalue weighted by molar-refractivity contribution is 5.75. The number of nitrogens with two attached hydrogens (primary N) is 1. The van der Waals surface area contributed by atoms with E-state index in [0.29, 0.717) is 25.6 Å². The Labute approximate surface area is 91.1 Å². The zero-order valence-corrected chi connectivity index (χ0v) is 9.57. The Bertz CT molecular complexity index is 200. The molecular formula is C11H21NO3. The van der Waals surface area contributed by atoms with Crippen LogP contribution in [0, 0.1) is 5.92 Å². The average Bonchev–Trinajstić information content (AvgIpc) is 2.18. The molecular weight excluding hydrogens is 194 g/mol. The highest BCUT2D eigenvalue weighted by Crippen LogP contribution is 2.12. The number of hydrogen-bond donors (Lipinski definition) is 1. The first-order valence-electron chi connectivity index (χ1n) is 5.63. The van der Waals surface area contributed by atoms with Crippen molar-refractivity contribution >= 4 is 5.97 Å². The van der Waals surface area contributed by atoms with Crippen molar-refractivity contribution in [3.8, 4) is 0 Å². The summed E-state index contributed by atoms with van der Waals surface area (Å²) in [6, 6.07) is -0.479. The van der Waals surface area contributed by atoms with Crippen LogP contribution in [0.3, 0.4) is 0 Å². The number of esters is 1. The predicted molar refractivity (Wildman–Crippen MR) is 57.4 cm³/mol. The van der Waals surface area contributed by atoms with E-state index in [1.54, 1.807) is 0 Å². The molecule has 1 atom stereocenters. The van der Waals surface area contributed by atoms with E-state index in [2.05, 4.69) is 0 Å². The maximum Gasteiger partial charge on any atom is 0.323 e. The second kappa shape index (κ2) is 6.08. The lowest BCUT2D eigenvalue weighted by atomic mass is 10.0. The monoisotopic (exact) mass is 215 g/mol. The fourth-order valence-corrected chi connectivity index (χ4v) is 1.65. The molecule has 0 radical (unpaired) electrons. The van der Waals surface area contributed by atoms with E-state index >= 15 is 0 Å². The van der Waals surface area contributed by atoms with Gasteiger partial charge in [-0.3, -0.25) is 4.79 Å².